The Kier molecular flexibility index (Phi) is 6.76. The molecule has 2 aromatic carbocycles. The van der Waals surface area contributed by atoms with Gasteiger partial charge in [-0.25, -0.2) is 0 Å². The third kappa shape index (κ3) is 5.39. The first kappa shape index (κ1) is 20.0. The normalized spacial score (nSPS) is 12.0. The number of anilines is 3. The van der Waals surface area contributed by atoms with Crippen molar-refractivity contribution < 1.29 is 4.74 Å². The number of para-hydroxylation sites is 1. The Morgan fingerprint density at radius 2 is 1.93 bits per heavy atom. The standard InChI is InChI=1S/C20H23ClN6O/c1-13-6-3-4-9-16(13)24-20-26-18(25-19(22)27-20)11-23-17(12-28-2)14-7-5-8-15(21)10-14/h3-10,17,23H,11-12H2,1-2H3,(H3,22,24,25,26,27). The third-order valence-corrected chi connectivity index (χ3v) is 4.42. The van der Waals surface area contributed by atoms with Crippen LogP contribution in [0.2, 0.25) is 5.02 Å². The van der Waals surface area contributed by atoms with E-state index < -0.39 is 0 Å². The first-order valence-electron chi connectivity index (χ1n) is 8.86. The Bertz CT molecular complexity index is 936. The van der Waals surface area contributed by atoms with E-state index in [2.05, 4.69) is 25.6 Å². The molecular formula is C20H23ClN6O. The Labute approximate surface area is 169 Å². The molecule has 1 atom stereocenters. The minimum atomic E-state index is -0.0607. The quantitative estimate of drug-likeness (QED) is 0.532. The Morgan fingerprint density at radius 3 is 2.68 bits per heavy atom. The van der Waals surface area contributed by atoms with Gasteiger partial charge >= 0.3 is 0 Å². The molecule has 0 bridgehead atoms. The molecule has 0 saturated carbocycles. The number of nitrogens with two attached hydrogens (primary N) is 1. The van der Waals surface area contributed by atoms with Crippen LogP contribution in [-0.2, 0) is 11.3 Å². The van der Waals surface area contributed by atoms with E-state index in [1.54, 1.807) is 7.11 Å². The number of nitrogens with zero attached hydrogens (tertiary/aromatic N) is 3. The topological polar surface area (TPSA) is 98.0 Å². The summed E-state index contributed by atoms with van der Waals surface area (Å²) in [5, 5.41) is 7.26. The fraction of sp³-hybridized carbons (Fsp3) is 0.250. The average molecular weight is 399 g/mol. The van der Waals surface area contributed by atoms with Crippen LogP contribution >= 0.6 is 11.6 Å². The number of nitrogen functional groups attached to an aromatic ring is 1. The largest absolute Gasteiger partial charge is 0.383 e. The second kappa shape index (κ2) is 9.45. The van der Waals surface area contributed by atoms with Gasteiger partial charge in [0.15, 0.2) is 0 Å². The number of methoxy groups -OCH3 is 1. The van der Waals surface area contributed by atoms with Crippen molar-refractivity contribution >= 4 is 29.2 Å². The van der Waals surface area contributed by atoms with E-state index in [-0.39, 0.29) is 12.0 Å². The summed E-state index contributed by atoms with van der Waals surface area (Å²) in [6.07, 6.45) is 0. The van der Waals surface area contributed by atoms with Gasteiger partial charge in [0.2, 0.25) is 11.9 Å². The smallest absolute Gasteiger partial charge is 0.232 e. The molecule has 0 fully saturated rings. The van der Waals surface area contributed by atoms with Crippen LogP contribution in [0.15, 0.2) is 48.5 Å². The van der Waals surface area contributed by atoms with E-state index >= 15 is 0 Å². The predicted molar refractivity (Wildman–Crippen MR) is 112 cm³/mol. The van der Waals surface area contributed by atoms with Crippen molar-refractivity contribution in [3.8, 4) is 0 Å². The van der Waals surface area contributed by atoms with E-state index in [1.165, 1.54) is 0 Å². The fourth-order valence-corrected chi connectivity index (χ4v) is 2.98. The molecule has 0 saturated heterocycles. The molecular weight excluding hydrogens is 376 g/mol. The summed E-state index contributed by atoms with van der Waals surface area (Å²) in [7, 11) is 1.66. The van der Waals surface area contributed by atoms with Crippen molar-refractivity contribution in [3.63, 3.8) is 0 Å². The molecule has 0 aliphatic carbocycles. The zero-order valence-electron chi connectivity index (χ0n) is 15.8. The third-order valence-electron chi connectivity index (χ3n) is 4.18. The van der Waals surface area contributed by atoms with Gasteiger partial charge in [-0.3, -0.25) is 0 Å². The molecule has 0 aliphatic rings. The van der Waals surface area contributed by atoms with Gasteiger partial charge in [-0.05, 0) is 36.2 Å². The van der Waals surface area contributed by atoms with Crippen molar-refractivity contribution in [2.45, 2.75) is 19.5 Å². The van der Waals surface area contributed by atoms with Gasteiger partial charge < -0.3 is 21.1 Å². The minimum absolute atomic E-state index is 0.0607. The lowest BCUT2D eigenvalue weighted by Crippen LogP contribution is -2.26. The Morgan fingerprint density at radius 1 is 1.11 bits per heavy atom. The summed E-state index contributed by atoms with van der Waals surface area (Å²) in [5.74, 6) is 1.10. The highest BCUT2D eigenvalue weighted by molar-refractivity contribution is 6.30. The van der Waals surface area contributed by atoms with Crippen LogP contribution in [0.1, 0.15) is 23.0 Å². The van der Waals surface area contributed by atoms with E-state index in [0.29, 0.717) is 29.9 Å². The summed E-state index contributed by atoms with van der Waals surface area (Å²) in [5.41, 5.74) is 8.90. The SMILES string of the molecule is COCC(NCc1nc(N)nc(Nc2ccccc2C)n1)c1cccc(Cl)c1. The van der Waals surface area contributed by atoms with Crippen molar-refractivity contribution in [3.05, 3.63) is 70.5 Å². The second-order valence-electron chi connectivity index (χ2n) is 6.32. The molecule has 1 unspecified atom stereocenters. The lowest BCUT2D eigenvalue weighted by Gasteiger charge is -2.18. The number of hydrogen-bond acceptors (Lipinski definition) is 7. The molecule has 1 aromatic heterocycles. The predicted octanol–water partition coefficient (Wildman–Crippen LogP) is 3.64. The summed E-state index contributed by atoms with van der Waals surface area (Å²) in [6.45, 7) is 2.89. The van der Waals surface area contributed by atoms with E-state index in [0.717, 1.165) is 16.8 Å². The molecule has 0 spiro atoms. The minimum Gasteiger partial charge on any atom is -0.383 e. The zero-order valence-corrected chi connectivity index (χ0v) is 16.6. The highest BCUT2D eigenvalue weighted by atomic mass is 35.5. The molecule has 3 aromatic rings. The van der Waals surface area contributed by atoms with Crippen LogP contribution < -0.4 is 16.4 Å². The number of aromatic nitrogens is 3. The lowest BCUT2D eigenvalue weighted by atomic mass is 10.1. The van der Waals surface area contributed by atoms with Crippen molar-refractivity contribution in [1.29, 1.82) is 0 Å². The van der Waals surface area contributed by atoms with Crippen molar-refractivity contribution in [2.24, 2.45) is 0 Å². The van der Waals surface area contributed by atoms with Crippen molar-refractivity contribution in [1.82, 2.24) is 20.3 Å². The number of rotatable bonds is 8. The fourth-order valence-electron chi connectivity index (χ4n) is 2.78. The first-order chi connectivity index (χ1) is 13.5. The Hall–Kier alpha value is -2.74. The molecule has 7 nitrogen and oxygen atoms in total. The molecule has 8 heteroatoms. The monoisotopic (exact) mass is 398 g/mol. The number of ether oxygens (including phenoxy) is 1. The average Bonchev–Trinajstić information content (AvgIpc) is 2.66. The molecule has 146 valence electrons. The molecule has 0 aliphatic heterocycles. The summed E-state index contributed by atoms with van der Waals surface area (Å²) < 4.78 is 5.33. The second-order valence-corrected chi connectivity index (χ2v) is 6.75. The maximum Gasteiger partial charge on any atom is 0.232 e. The highest BCUT2D eigenvalue weighted by Gasteiger charge is 2.13. The van der Waals surface area contributed by atoms with Crippen LogP contribution in [0.4, 0.5) is 17.6 Å². The van der Waals surface area contributed by atoms with Gasteiger partial charge in [0.25, 0.3) is 0 Å². The zero-order chi connectivity index (χ0) is 19.9. The van der Waals surface area contributed by atoms with Gasteiger partial charge in [-0.2, -0.15) is 15.0 Å². The van der Waals surface area contributed by atoms with E-state index in [1.807, 2.05) is 55.5 Å². The number of nitrogens with one attached hydrogen (secondary N) is 2. The van der Waals surface area contributed by atoms with E-state index in [4.69, 9.17) is 22.1 Å². The van der Waals surface area contributed by atoms with Gasteiger partial charge in [-0.1, -0.05) is 41.9 Å². The highest BCUT2D eigenvalue weighted by Crippen LogP contribution is 2.20. The maximum absolute atomic E-state index is 6.11. The molecule has 0 amide bonds. The van der Waals surface area contributed by atoms with Crippen LogP contribution in [-0.4, -0.2) is 28.7 Å². The van der Waals surface area contributed by atoms with Crippen LogP contribution in [0.3, 0.4) is 0 Å². The first-order valence-corrected chi connectivity index (χ1v) is 9.24. The lowest BCUT2D eigenvalue weighted by molar-refractivity contribution is 0.166. The number of halogens is 1. The van der Waals surface area contributed by atoms with Gasteiger partial charge in [0.05, 0.1) is 19.2 Å². The Balaban J connectivity index is 1.74. The van der Waals surface area contributed by atoms with Gasteiger partial charge in [-0.15, -0.1) is 0 Å². The molecule has 1 heterocycles. The maximum atomic E-state index is 6.11. The number of aryl methyl sites for hydroxylation is 1. The number of benzene rings is 2. The van der Waals surface area contributed by atoms with Crippen molar-refractivity contribution in [2.75, 3.05) is 24.8 Å². The van der Waals surface area contributed by atoms with Crippen LogP contribution in [0.25, 0.3) is 0 Å². The van der Waals surface area contributed by atoms with E-state index in [9.17, 15) is 0 Å². The van der Waals surface area contributed by atoms with Crippen LogP contribution in [0.5, 0.6) is 0 Å². The van der Waals surface area contributed by atoms with Gasteiger partial charge in [0.1, 0.15) is 5.82 Å². The molecule has 3 rings (SSSR count). The summed E-state index contributed by atoms with van der Waals surface area (Å²) >= 11 is 6.11. The summed E-state index contributed by atoms with van der Waals surface area (Å²) in [6, 6.07) is 15.5. The molecule has 0 radical (unpaired) electrons. The molecule has 28 heavy (non-hydrogen) atoms. The van der Waals surface area contributed by atoms with Crippen LogP contribution in [0, 0.1) is 6.92 Å². The summed E-state index contributed by atoms with van der Waals surface area (Å²) in [4.78, 5) is 12.9. The molecule has 4 N–H and O–H groups in total. The van der Waals surface area contributed by atoms with Gasteiger partial charge in [0, 0.05) is 17.8 Å². The number of hydrogen-bond donors (Lipinski definition) is 3.